The molecule has 0 aliphatic carbocycles. The lowest BCUT2D eigenvalue weighted by Gasteiger charge is -2.13. The zero-order chi connectivity index (χ0) is 15.4. The summed E-state index contributed by atoms with van der Waals surface area (Å²) in [7, 11) is 0. The number of nitrogens with zero attached hydrogens (tertiary/aromatic N) is 1. The number of aromatic nitrogens is 2. The van der Waals surface area contributed by atoms with Gasteiger partial charge in [-0.25, -0.2) is 4.98 Å². The molecule has 2 rings (SSSR count). The molecule has 0 unspecified atom stereocenters. The first kappa shape index (κ1) is 15.3. The Morgan fingerprint density at radius 2 is 2.00 bits per heavy atom. The zero-order valence-electron chi connectivity index (χ0n) is 13.1. The topological polar surface area (TPSA) is 55.0 Å². The number of hydrogen-bond acceptors (Lipinski definition) is 3. The maximum atomic E-state index is 12.1. The summed E-state index contributed by atoms with van der Waals surface area (Å²) in [5, 5.41) is 0. The molecule has 0 atom stereocenters. The highest BCUT2D eigenvalue weighted by atomic mass is 16.5. The van der Waals surface area contributed by atoms with Crippen LogP contribution in [0.25, 0.3) is 11.4 Å². The number of H-pyrrole nitrogens is 1. The number of hydrogen-bond donors (Lipinski definition) is 1. The minimum atomic E-state index is -0.0889. The van der Waals surface area contributed by atoms with Crippen molar-refractivity contribution in [2.75, 3.05) is 6.61 Å². The van der Waals surface area contributed by atoms with Crippen molar-refractivity contribution in [1.29, 1.82) is 0 Å². The predicted molar refractivity (Wildman–Crippen MR) is 84.9 cm³/mol. The van der Waals surface area contributed by atoms with Crippen molar-refractivity contribution in [3.05, 3.63) is 45.9 Å². The Bertz CT molecular complexity index is 675. The third-order valence-corrected chi connectivity index (χ3v) is 3.34. The first-order valence-electron chi connectivity index (χ1n) is 7.37. The Morgan fingerprint density at radius 1 is 1.29 bits per heavy atom. The molecule has 1 aromatic heterocycles. The van der Waals surface area contributed by atoms with E-state index < -0.39 is 0 Å². The molecule has 1 heterocycles. The highest BCUT2D eigenvalue weighted by molar-refractivity contribution is 5.64. The van der Waals surface area contributed by atoms with Gasteiger partial charge in [-0.05, 0) is 31.4 Å². The van der Waals surface area contributed by atoms with Gasteiger partial charge in [0.15, 0.2) is 0 Å². The molecule has 0 bridgehead atoms. The van der Waals surface area contributed by atoms with Gasteiger partial charge in [0.1, 0.15) is 11.6 Å². The molecule has 0 saturated heterocycles. The van der Waals surface area contributed by atoms with Crippen LogP contribution in [0.5, 0.6) is 5.75 Å². The van der Waals surface area contributed by atoms with Gasteiger partial charge in [-0.15, -0.1) is 0 Å². The van der Waals surface area contributed by atoms with E-state index >= 15 is 0 Å². The van der Waals surface area contributed by atoms with Crippen molar-refractivity contribution >= 4 is 0 Å². The standard InChI is InChI=1S/C17H22N2O2/c1-5-10-21-14-9-7-6-8-13(14)16-18-15(11(2)3)12(4)17(20)19-16/h6-9,11H,5,10H2,1-4H3,(H,18,19,20). The first-order chi connectivity index (χ1) is 10.0. The largest absolute Gasteiger partial charge is 0.493 e. The van der Waals surface area contributed by atoms with Gasteiger partial charge in [0, 0.05) is 5.56 Å². The Kier molecular flexibility index (Phi) is 4.78. The van der Waals surface area contributed by atoms with E-state index in [2.05, 4.69) is 16.9 Å². The van der Waals surface area contributed by atoms with E-state index in [0.717, 1.165) is 23.4 Å². The SMILES string of the molecule is CCCOc1ccccc1-c1nc(C(C)C)c(C)c(=O)[nH]1. The van der Waals surface area contributed by atoms with Crippen LogP contribution in [-0.4, -0.2) is 16.6 Å². The molecule has 112 valence electrons. The van der Waals surface area contributed by atoms with E-state index in [4.69, 9.17) is 4.74 Å². The Hall–Kier alpha value is -2.10. The molecule has 0 saturated carbocycles. The average Bonchev–Trinajstić information content (AvgIpc) is 2.47. The molecule has 21 heavy (non-hydrogen) atoms. The van der Waals surface area contributed by atoms with Crippen LogP contribution >= 0.6 is 0 Å². The molecular weight excluding hydrogens is 264 g/mol. The summed E-state index contributed by atoms with van der Waals surface area (Å²) < 4.78 is 5.75. The van der Waals surface area contributed by atoms with E-state index in [9.17, 15) is 4.79 Å². The quantitative estimate of drug-likeness (QED) is 0.912. The first-order valence-corrected chi connectivity index (χ1v) is 7.37. The van der Waals surface area contributed by atoms with Crippen LogP contribution in [0.1, 0.15) is 44.4 Å². The van der Waals surface area contributed by atoms with Crippen LogP contribution in [0.4, 0.5) is 0 Å². The van der Waals surface area contributed by atoms with Crippen molar-refractivity contribution < 1.29 is 4.74 Å². The minimum Gasteiger partial charge on any atom is -0.493 e. The van der Waals surface area contributed by atoms with Crippen LogP contribution in [0.15, 0.2) is 29.1 Å². The number of para-hydroxylation sites is 1. The fourth-order valence-electron chi connectivity index (χ4n) is 2.24. The third-order valence-electron chi connectivity index (χ3n) is 3.34. The van der Waals surface area contributed by atoms with E-state index in [1.54, 1.807) is 0 Å². The smallest absolute Gasteiger partial charge is 0.254 e. The van der Waals surface area contributed by atoms with Crippen molar-refractivity contribution in [2.45, 2.75) is 40.0 Å². The van der Waals surface area contributed by atoms with Gasteiger partial charge in [-0.3, -0.25) is 4.79 Å². The zero-order valence-corrected chi connectivity index (χ0v) is 13.1. The second kappa shape index (κ2) is 6.57. The number of aromatic amines is 1. The van der Waals surface area contributed by atoms with Crippen LogP contribution in [0.2, 0.25) is 0 Å². The minimum absolute atomic E-state index is 0.0889. The highest BCUT2D eigenvalue weighted by Gasteiger charge is 2.14. The van der Waals surface area contributed by atoms with E-state index in [1.165, 1.54) is 0 Å². The lowest BCUT2D eigenvalue weighted by Crippen LogP contribution is -2.17. The molecule has 0 amide bonds. The van der Waals surface area contributed by atoms with Crippen molar-refractivity contribution in [2.24, 2.45) is 0 Å². The van der Waals surface area contributed by atoms with Gasteiger partial charge in [0.2, 0.25) is 0 Å². The molecule has 4 heteroatoms. The fraction of sp³-hybridized carbons (Fsp3) is 0.412. The number of benzene rings is 1. The molecule has 0 spiro atoms. The summed E-state index contributed by atoms with van der Waals surface area (Å²) in [5.74, 6) is 1.52. The average molecular weight is 286 g/mol. The second-order valence-corrected chi connectivity index (χ2v) is 5.42. The normalized spacial score (nSPS) is 10.9. The Balaban J connectivity index is 2.54. The van der Waals surface area contributed by atoms with Crippen LogP contribution < -0.4 is 10.3 Å². The predicted octanol–water partition coefficient (Wildman–Crippen LogP) is 3.66. The summed E-state index contributed by atoms with van der Waals surface area (Å²) in [6, 6.07) is 7.66. The molecule has 2 aromatic rings. The molecule has 0 fully saturated rings. The van der Waals surface area contributed by atoms with Gasteiger partial charge in [0.05, 0.1) is 17.9 Å². The molecule has 1 N–H and O–H groups in total. The Labute approximate surface area is 125 Å². The van der Waals surface area contributed by atoms with E-state index in [-0.39, 0.29) is 11.5 Å². The van der Waals surface area contributed by atoms with Gasteiger partial charge in [-0.2, -0.15) is 0 Å². The van der Waals surface area contributed by atoms with Gasteiger partial charge in [0.25, 0.3) is 5.56 Å². The second-order valence-electron chi connectivity index (χ2n) is 5.42. The summed E-state index contributed by atoms with van der Waals surface area (Å²) in [5.41, 5.74) is 2.25. The lowest BCUT2D eigenvalue weighted by atomic mass is 10.1. The summed E-state index contributed by atoms with van der Waals surface area (Å²) in [4.78, 5) is 19.6. The number of rotatable bonds is 5. The van der Waals surface area contributed by atoms with Crippen molar-refractivity contribution in [3.8, 4) is 17.1 Å². The molecule has 0 radical (unpaired) electrons. The van der Waals surface area contributed by atoms with Crippen molar-refractivity contribution in [1.82, 2.24) is 9.97 Å². The fourth-order valence-corrected chi connectivity index (χ4v) is 2.24. The molecular formula is C17H22N2O2. The monoisotopic (exact) mass is 286 g/mol. The number of ether oxygens (including phenoxy) is 1. The number of nitrogens with one attached hydrogen (secondary N) is 1. The summed E-state index contributed by atoms with van der Waals surface area (Å²) in [6.07, 6.45) is 0.934. The van der Waals surface area contributed by atoms with Gasteiger partial charge < -0.3 is 9.72 Å². The third kappa shape index (κ3) is 3.32. The van der Waals surface area contributed by atoms with Crippen LogP contribution in [-0.2, 0) is 0 Å². The highest BCUT2D eigenvalue weighted by Crippen LogP contribution is 2.28. The van der Waals surface area contributed by atoms with Gasteiger partial charge in [-0.1, -0.05) is 32.9 Å². The van der Waals surface area contributed by atoms with E-state index in [1.807, 2.05) is 45.0 Å². The summed E-state index contributed by atoms with van der Waals surface area (Å²) in [6.45, 7) is 8.59. The molecule has 0 aliphatic rings. The maximum Gasteiger partial charge on any atom is 0.254 e. The van der Waals surface area contributed by atoms with Crippen LogP contribution in [0, 0.1) is 6.92 Å². The lowest BCUT2D eigenvalue weighted by molar-refractivity contribution is 0.318. The van der Waals surface area contributed by atoms with Gasteiger partial charge >= 0.3 is 0 Å². The molecule has 0 aliphatic heterocycles. The van der Waals surface area contributed by atoms with E-state index in [0.29, 0.717) is 18.0 Å². The van der Waals surface area contributed by atoms with Crippen LogP contribution in [0.3, 0.4) is 0 Å². The van der Waals surface area contributed by atoms with Crippen molar-refractivity contribution in [3.63, 3.8) is 0 Å². The Morgan fingerprint density at radius 3 is 2.67 bits per heavy atom. The maximum absolute atomic E-state index is 12.1. The molecule has 4 nitrogen and oxygen atoms in total. The molecule has 1 aromatic carbocycles. The summed E-state index contributed by atoms with van der Waals surface area (Å²) >= 11 is 0.